The molecule has 0 aromatic heterocycles. The Bertz CT molecular complexity index is 759. The molecule has 2 aromatic carbocycles. The smallest absolute Gasteiger partial charge is 0.328 e. The first kappa shape index (κ1) is 20.9. The van der Waals surface area contributed by atoms with Crippen molar-refractivity contribution in [2.45, 2.75) is 26.7 Å². The van der Waals surface area contributed by atoms with Crippen LogP contribution in [-0.4, -0.2) is 22.2 Å². The molecule has 0 amide bonds. The molecule has 0 unspecified atom stereocenters. The Kier molecular flexibility index (Phi) is 9.18. The summed E-state index contributed by atoms with van der Waals surface area (Å²) >= 11 is 0. The van der Waals surface area contributed by atoms with Crippen LogP contribution in [0.3, 0.4) is 0 Å². The highest BCUT2D eigenvalue weighted by atomic mass is 16.4. The number of carboxylic acids is 2. The third-order valence-electron chi connectivity index (χ3n) is 3.34. The molecule has 0 aliphatic rings. The standard InChI is InChI=1S/2C11H12O2/c2*1-9(8-11(12)13)7-10-5-3-2-4-6-10/h2-6,8H,7H2,1H3,(H,12,13);2-7H,8H2,1H3,(H,12,13)/b9-8+;9-7+. The molecular weight excluding hydrogens is 328 g/mol. The summed E-state index contributed by atoms with van der Waals surface area (Å²) in [6, 6.07) is 19.5. The summed E-state index contributed by atoms with van der Waals surface area (Å²) in [4.78, 5) is 20.7. The molecule has 2 aromatic rings. The van der Waals surface area contributed by atoms with E-state index in [0.717, 1.165) is 22.3 Å². The van der Waals surface area contributed by atoms with Crippen molar-refractivity contribution < 1.29 is 19.8 Å². The van der Waals surface area contributed by atoms with Gasteiger partial charge in [0.1, 0.15) is 0 Å². The average molecular weight is 352 g/mol. The van der Waals surface area contributed by atoms with Gasteiger partial charge in [0.25, 0.3) is 0 Å². The van der Waals surface area contributed by atoms with Gasteiger partial charge in [-0.1, -0.05) is 77.9 Å². The zero-order valence-electron chi connectivity index (χ0n) is 15.1. The topological polar surface area (TPSA) is 74.6 Å². The average Bonchev–Trinajstić information content (AvgIpc) is 2.55. The molecule has 0 saturated heterocycles. The SMILES string of the molecule is C/C(=C\C(=O)O)Cc1ccccc1.C/C(=C\c1ccccc1)CC(=O)O. The van der Waals surface area contributed by atoms with Crippen LogP contribution in [0.2, 0.25) is 0 Å². The Morgan fingerprint density at radius 2 is 1.38 bits per heavy atom. The Balaban J connectivity index is 0.000000260. The van der Waals surface area contributed by atoms with Gasteiger partial charge >= 0.3 is 11.9 Å². The van der Waals surface area contributed by atoms with E-state index in [1.165, 1.54) is 6.08 Å². The van der Waals surface area contributed by atoms with Crippen LogP contribution in [0.25, 0.3) is 6.08 Å². The summed E-state index contributed by atoms with van der Waals surface area (Å²) < 4.78 is 0. The first-order valence-electron chi connectivity index (χ1n) is 8.25. The fourth-order valence-electron chi connectivity index (χ4n) is 2.30. The minimum Gasteiger partial charge on any atom is -0.481 e. The Hall–Kier alpha value is -3.14. The molecule has 0 heterocycles. The van der Waals surface area contributed by atoms with Crippen molar-refractivity contribution in [3.05, 3.63) is 89.0 Å². The summed E-state index contributed by atoms with van der Waals surface area (Å²) in [5, 5.41) is 17.0. The van der Waals surface area contributed by atoms with Crippen molar-refractivity contribution in [3.63, 3.8) is 0 Å². The first-order valence-corrected chi connectivity index (χ1v) is 8.25. The van der Waals surface area contributed by atoms with E-state index in [1.807, 2.05) is 80.6 Å². The fraction of sp³-hybridized carbons (Fsp3) is 0.182. The van der Waals surface area contributed by atoms with Crippen molar-refractivity contribution in [2.24, 2.45) is 0 Å². The minimum atomic E-state index is -0.881. The van der Waals surface area contributed by atoms with E-state index in [1.54, 1.807) is 0 Å². The number of rotatable bonds is 6. The highest BCUT2D eigenvalue weighted by Crippen LogP contribution is 2.08. The van der Waals surface area contributed by atoms with Gasteiger partial charge in [-0.15, -0.1) is 0 Å². The van der Waals surface area contributed by atoms with Gasteiger partial charge in [-0.25, -0.2) is 4.79 Å². The van der Waals surface area contributed by atoms with Gasteiger partial charge in [0.15, 0.2) is 0 Å². The zero-order valence-corrected chi connectivity index (χ0v) is 15.1. The summed E-state index contributed by atoms with van der Waals surface area (Å²) in [6.07, 6.45) is 3.93. The Labute approximate surface area is 154 Å². The van der Waals surface area contributed by atoms with Gasteiger partial charge in [0.05, 0.1) is 6.42 Å². The first-order chi connectivity index (χ1) is 12.4. The van der Waals surface area contributed by atoms with Crippen LogP contribution in [0.4, 0.5) is 0 Å². The van der Waals surface area contributed by atoms with Crippen LogP contribution in [-0.2, 0) is 16.0 Å². The van der Waals surface area contributed by atoms with Gasteiger partial charge in [-0.2, -0.15) is 0 Å². The molecule has 4 nitrogen and oxygen atoms in total. The highest BCUT2D eigenvalue weighted by molar-refractivity contribution is 5.80. The lowest BCUT2D eigenvalue weighted by atomic mass is 10.1. The predicted molar refractivity (Wildman–Crippen MR) is 104 cm³/mol. The largest absolute Gasteiger partial charge is 0.481 e. The number of aliphatic carboxylic acids is 2. The molecule has 0 aliphatic heterocycles. The van der Waals surface area contributed by atoms with Crippen LogP contribution >= 0.6 is 0 Å². The number of benzene rings is 2. The molecule has 0 spiro atoms. The van der Waals surface area contributed by atoms with Crippen molar-refractivity contribution in [3.8, 4) is 0 Å². The second-order valence-electron chi connectivity index (χ2n) is 5.96. The molecule has 4 heteroatoms. The van der Waals surface area contributed by atoms with Gasteiger partial charge in [0.2, 0.25) is 0 Å². The predicted octanol–water partition coefficient (Wildman–Crippen LogP) is 4.82. The number of hydrogen-bond acceptors (Lipinski definition) is 2. The van der Waals surface area contributed by atoms with Crippen molar-refractivity contribution in [1.29, 1.82) is 0 Å². The van der Waals surface area contributed by atoms with E-state index >= 15 is 0 Å². The van der Waals surface area contributed by atoms with E-state index in [9.17, 15) is 9.59 Å². The molecule has 0 aliphatic carbocycles. The molecule has 0 radical (unpaired) electrons. The van der Waals surface area contributed by atoms with Crippen LogP contribution in [0.15, 0.2) is 77.9 Å². The van der Waals surface area contributed by atoms with Crippen molar-refractivity contribution in [2.75, 3.05) is 0 Å². The van der Waals surface area contributed by atoms with Gasteiger partial charge in [0, 0.05) is 6.08 Å². The normalized spacial score (nSPS) is 11.3. The van der Waals surface area contributed by atoms with Gasteiger partial charge in [-0.3, -0.25) is 4.79 Å². The van der Waals surface area contributed by atoms with E-state index in [2.05, 4.69) is 0 Å². The molecule has 0 atom stereocenters. The Morgan fingerprint density at radius 1 is 0.846 bits per heavy atom. The molecule has 0 fully saturated rings. The molecule has 2 N–H and O–H groups in total. The summed E-state index contributed by atoms with van der Waals surface area (Å²) in [7, 11) is 0. The third-order valence-corrected chi connectivity index (χ3v) is 3.34. The van der Waals surface area contributed by atoms with E-state index in [-0.39, 0.29) is 6.42 Å². The molecule has 0 bridgehead atoms. The van der Waals surface area contributed by atoms with Crippen LogP contribution in [0.5, 0.6) is 0 Å². The van der Waals surface area contributed by atoms with Crippen molar-refractivity contribution >= 4 is 18.0 Å². The summed E-state index contributed by atoms with van der Waals surface area (Å²) in [5.74, 6) is -1.67. The molecular formula is C22H24O4. The van der Waals surface area contributed by atoms with E-state index in [0.29, 0.717) is 6.42 Å². The van der Waals surface area contributed by atoms with E-state index in [4.69, 9.17) is 10.2 Å². The second-order valence-corrected chi connectivity index (χ2v) is 5.96. The summed E-state index contributed by atoms with van der Waals surface area (Å²) in [6.45, 7) is 3.64. The quantitative estimate of drug-likeness (QED) is 0.731. The maximum Gasteiger partial charge on any atom is 0.328 e. The Morgan fingerprint density at radius 3 is 1.88 bits per heavy atom. The molecule has 26 heavy (non-hydrogen) atoms. The lowest BCUT2D eigenvalue weighted by Gasteiger charge is -1.99. The monoisotopic (exact) mass is 352 g/mol. The zero-order chi connectivity index (χ0) is 19.4. The molecule has 2 rings (SSSR count). The number of carboxylic acid groups (broad SMARTS) is 2. The minimum absolute atomic E-state index is 0.106. The van der Waals surface area contributed by atoms with Gasteiger partial charge in [-0.05, 0) is 31.4 Å². The maximum absolute atomic E-state index is 10.4. The number of hydrogen-bond donors (Lipinski definition) is 2. The summed E-state index contributed by atoms with van der Waals surface area (Å²) in [5.41, 5.74) is 3.90. The van der Waals surface area contributed by atoms with E-state index < -0.39 is 11.9 Å². The number of carbonyl (C=O) groups is 2. The van der Waals surface area contributed by atoms with Crippen LogP contribution in [0.1, 0.15) is 31.4 Å². The molecule has 0 saturated carbocycles. The lowest BCUT2D eigenvalue weighted by Crippen LogP contribution is -1.94. The fourth-order valence-corrected chi connectivity index (χ4v) is 2.30. The van der Waals surface area contributed by atoms with Crippen LogP contribution in [0, 0.1) is 0 Å². The lowest BCUT2D eigenvalue weighted by molar-refractivity contribution is -0.136. The third kappa shape index (κ3) is 9.88. The number of allylic oxidation sites excluding steroid dienone is 1. The second kappa shape index (κ2) is 11.4. The maximum atomic E-state index is 10.4. The highest BCUT2D eigenvalue weighted by Gasteiger charge is 1.98. The molecule has 136 valence electrons. The van der Waals surface area contributed by atoms with Crippen molar-refractivity contribution in [1.82, 2.24) is 0 Å². The van der Waals surface area contributed by atoms with Gasteiger partial charge < -0.3 is 10.2 Å². The van der Waals surface area contributed by atoms with Crippen LogP contribution < -0.4 is 0 Å².